The van der Waals surface area contributed by atoms with Crippen molar-refractivity contribution >= 4 is 13.8 Å². The summed E-state index contributed by atoms with van der Waals surface area (Å²) in [5.74, 6) is -0.369. The lowest BCUT2D eigenvalue weighted by molar-refractivity contribution is -0.870. The number of hydrogen-bond donors (Lipinski definition) is 1. The summed E-state index contributed by atoms with van der Waals surface area (Å²) >= 11 is 0. The monoisotopic (exact) mass is 715 g/mol. The average molecular weight is 715 g/mol. The van der Waals surface area contributed by atoms with Crippen molar-refractivity contribution < 1.29 is 37.3 Å². The van der Waals surface area contributed by atoms with Crippen LogP contribution in [0.3, 0.4) is 0 Å². The number of ether oxygens (including phenoxy) is 2. The molecule has 49 heavy (non-hydrogen) atoms. The van der Waals surface area contributed by atoms with Crippen molar-refractivity contribution in [3.8, 4) is 0 Å². The third-order valence-corrected chi connectivity index (χ3v) is 9.16. The van der Waals surface area contributed by atoms with Gasteiger partial charge in [0.05, 0.1) is 34.4 Å². The Bertz CT molecular complexity index is 884. The normalized spacial score (nSPS) is 14.3. The molecule has 288 valence electrons. The van der Waals surface area contributed by atoms with Gasteiger partial charge in [-0.1, -0.05) is 134 Å². The topological polar surface area (TPSA) is 91.3 Å². The molecule has 8 nitrogen and oxygen atoms in total. The number of carbonyl (C=O) groups is 1. The van der Waals surface area contributed by atoms with Gasteiger partial charge >= 0.3 is 13.8 Å². The van der Waals surface area contributed by atoms with Crippen molar-refractivity contribution in [1.82, 2.24) is 0 Å². The summed E-state index contributed by atoms with van der Waals surface area (Å²) < 4.78 is 34.2. The Morgan fingerprint density at radius 2 is 1.12 bits per heavy atom. The molecule has 0 heterocycles. The van der Waals surface area contributed by atoms with Gasteiger partial charge in [0.15, 0.2) is 0 Å². The third-order valence-electron chi connectivity index (χ3n) is 8.17. The molecule has 0 radical (unpaired) electrons. The number of phosphoric ester groups is 1. The van der Waals surface area contributed by atoms with Gasteiger partial charge < -0.3 is 18.9 Å². The number of phosphoric acid groups is 1. The molecule has 0 saturated heterocycles. The first-order valence-corrected chi connectivity index (χ1v) is 21.2. The summed E-state index contributed by atoms with van der Waals surface area (Å²) in [5, 5.41) is 0. The quantitative estimate of drug-likeness (QED) is 0.0227. The van der Waals surface area contributed by atoms with E-state index < -0.39 is 13.9 Å². The van der Waals surface area contributed by atoms with Crippen LogP contribution >= 0.6 is 7.82 Å². The Morgan fingerprint density at radius 1 is 0.633 bits per heavy atom. The number of carbonyl (C=O) groups excluding carboxylic acids is 1. The van der Waals surface area contributed by atoms with Gasteiger partial charge in [-0.2, -0.15) is 0 Å². The fraction of sp³-hybridized carbons (Fsp3) is 0.825. The molecule has 9 heteroatoms. The number of hydrogen-bond acceptors (Lipinski definition) is 6. The maximum atomic E-state index is 12.2. The van der Waals surface area contributed by atoms with E-state index in [4.69, 9.17) is 18.5 Å². The Labute approximate surface area is 302 Å². The molecule has 0 amide bonds. The fourth-order valence-corrected chi connectivity index (χ4v) is 5.87. The molecule has 0 fully saturated rings. The van der Waals surface area contributed by atoms with Crippen molar-refractivity contribution in [1.29, 1.82) is 0 Å². The van der Waals surface area contributed by atoms with Gasteiger partial charge in [-0.3, -0.25) is 13.8 Å². The predicted molar refractivity (Wildman–Crippen MR) is 206 cm³/mol. The van der Waals surface area contributed by atoms with Crippen LogP contribution in [0, 0.1) is 0 Å². The lowest BCUT2D eigenvalue weighted by Crippen LogP contribution is -2.37. The second-order valence-corrected chi connectivity index (χ2v) is 15.8. The minimum atomic E-state index is -4.24. The highest BCUT2D eigenvalue weighted by molar-refractivity contribution is 7.47. The third kappa shape index (κ3) is 37.8. The lowest BCUT2D eigenvalue weighted by Gasteiger charge is -2.24. The van der Waals surface area contributed by atoms with E-state index in [0.29, 0.717) is 24.1 Å². The van der Waals surface area contributed by atoms with Crippen LogP contribution in [0.5, 0.6) is 0 Å². The Kier molecular flexibility index (Phi) is 33.0. The standard InChI is InChI=1S/C40H76NO7P/c1-6-8-9-10-11-12-13-14-15-16-17-18-19-20-21-22-23-24-25-26-27-28-29-30-31-32-35-45-37-39(48-40(42)33-7-2)38-47-49(43,44)46-36-34-41(3,4)5/h13-14,16-17,19-20,39H,6-12,15,18,21-38H2,1-5H3/p+1/b14-13-,17-16-,20-19-. The number of rotatable bonds is 36. The summed E-state index contributed by atoms with van der Waals surface area (Å²) in [6.45, 7) is 5.23. The second-order valence-electron chi connectivity index (χ2n) is 14.3. The summed E-state index contributed by atoms with van der Waals surface area (Å²) in [5.41, 5.74) is 0. The van der Waals surface area contributed by atoms with Gasteiger partial charge in [0.1, 0.15) is 19.3 Å². The largest absolute Gasteiger partial charge is 0.472 e. The van der Waals surface area contributed by atoms with E-state index in [1.807, 2.05) is 28.1 Å². The van der Waals surface area contributed by atoms with Crippen molar-refractivity contribution in [2.75, 3.05) is 54.1 Å². The van der Waals surface area contributed by atoms with Gasteiger partial charge in [0, 0.05) is 13.0 Å². The SMILES string of the molecule is CCCCCCC/C=C\C/C=C\C/C=C\CCCCCCCCCCCCCOCC(COP(=O)(O)OCC[N+](C)(C)C)OC(=O)CCC. The van der Waals surface area contributed by atoms with E-state index in [0.717, 1.165) is 25.7 Å². The molecule has 0 aromatic carbocycles. The number of esters is 1. The van der Waals surface area contributed by atoms with Crippen LogP contribution in [-0.2, 0) is 27.9 Å². The molecule has 1 N–H and O–H groups in total. The molecule has 0 aliphatic heterocycles. The maximum Gasteiger partial charge on any atom is 0.472 e. The fourth-order valence-electron chi connectivity index (χ4n) is 5.13. The number of nitrogens with zero attached hydrogens (tertiary/aromatic N) is 1. The molecule has 0 saturated carbocycles. The van der Waals surface area contributed by atoms with Crippen LogP contribution < -0.4 is 0 Å². The second kappa shape index (κ2) is 33.8. The lowest BCUT2D eigenvalue weighted by atomic mass is 10.1. The van der Waals surface area contributed by atoms with E-state index in [1.54, 1.807) is 0 Å². The van der Waals surface area contributed by atoms with Crippen LogP contribution in [0.25, 0.3) is 0 Å². The maximum absolute atomic E-state index is 12.2. The zero-order valence-electron chi connectivity index (χ0n) is 32.4. The zero-order valence-corrected chi connectivity index (χ0v) is 33.3. The van der Waals surface area contributed by atoms with E-state index >= 15 is 0 Å². The molecular formula is C40H77NO7P+. The van der Waals surface area contributed by atoms with Crippen LogP contribution in [0.4, 0.5) is 0 Å². The first-order valence-electron chi connectivity index (χ1n) is 19.7. The van der Waals surface area contributed by atoms with Gasteiger partial charge in [-0.25, -0.2) is 4.57 Å². The molecule has 0 aliphatic rings. The van der Waals surface area contributed by atoms with Crippen molar-refractivity contribution in [2.45, 2.75) is 161 Å². The Morgan fingerprint density at radius 3 is 1.63 bits per heavy atom. The molecule has 0 aliphatic carbocycles. The van der Waals surface area contributed by atoms with Crippen molar-refractivity contribution in [2.24, 2.45) is 0 Å². The van der Waals surface area contributed by atoms with Crippen molar-refractivity contribution in [3.05, 3.63) is 36.5 Å². The molecule has 0 aromatic rings. The van der Waals surface area contributed by atoms with E-state index in [-0.39, 0.29) is 32.2 Å². The van der Waals surface area contributed by atoms with E-state index in [9.17, 15) is 14.3 Å². The van der Waals surface area contributed by atoms with Crippen LogP contribution in [-0.4, -0.2) is 75.6 Å². The Balaban J connectivity index is 3.74. The van der Waals surface area contributed by atoms with Gasteiger partial charge in [0.25, 0.3) is 0 Å². The first-order chi connectivity index (χ1) is 23.6. The highest BCUT2D eigenvalue weighted by Gasteiger charge is 2.26. The molecule has 0 aromatic heterocycles. The molecule has 0 bridgehead atoms. The Hall–Kier alpha value is -1.28. The predicted octanol–water partition coefficient (Wildman–Crippen LogP) is 11.0. The van der Waals surface area contributed by atoms with Crippen LogP contribution in [0.2, 0.25) is 0 Å². The molecular weight excluding hydrogens is 637 g/mol. The summed E-state index contributed by atoms with van der Waals surface area (Å²) in [4.78, 5) is 22.0. The molecule has 0 spiro atoms. The van der Waals surface area contributed by atoms with E-state index in [1.165, 1.54) is 103 Å². The average Bonchev–Trinajstić information content (AvgIpc) is 3.04. The number of allylic oxidation sites excluding steroid dienone is 6. The summed E-state index contributed by atoms with van der Waals surface area (Å²) in [6, 6.07) is 0. The number of unbranched alkanes of at least 4 members (excludes halogenated alkanes) is 16. The molecule has 2 atom stereocenters. The zero-order chi connectivity index (χ0) is 36.3. The van der Waals surface area contributed by atoms with Crippen LogP contribution in [0.1, 0.15) is 155 Å². The summed E-state index contributed by atoms with van der Waals surface area (Å²) in [7, 11) is 1.66. The minimum absolute atomic E-state index is 0.0862. The minimum Gasteiger partial charge on any atom is -0.457 e. The van der Waals surface area contributed by atoms with E-state index in [2.05, 4.69) is 43.4 Å². The van der Waals surface area contributed by atoms with Gasteiger partial charge in [-0.15, -0.1) is 0 Å². The number of quaternary nitrogens is 1. The van der Waals surface area contributed by atoms with Gasteiger partial charge in [-0.05, 0) is 51.4 Å². The van der Waals surface area contributed by atoms with Gasteiger partial charge in [0.2, 0.25) is 0 Å². The van der Waals surface area contributed by atoms with Crippen LogP contribution in [0.15, 0.2) is 36.5 Å². The molecule has 2 unspecified atom stereocenters. The van der Waals surface area contributed by atoms with Crippen molar-refractivity contribution in [3.63, 3.8) is 0 Å². The highest BCUT2D eigenvalue weighted by Crippen LogP contribution is 2.43. The number of likely N-dealkylation sites (N-methyl/N-ethyl adjacent to an activating group) is 1. The smallest absolute Gasteiger partial charge is 0.457 e. The first kappa shape index (κ1) is 47.7. The highest BCUT2D eigenvalue weighted by atomic mass is 31.2. The summed E-state index contributed by atoms with van der Waals surface area (Å²) in [6.07, 6.45) is 39.1. The molecule has 0 rings (SSSR count).